The molecule has 0 bridgehead atoms. The number of halogens is 1. The van der Waals surface area contributed by atoms with Crippen LogP contribution in [0.1, 0.15) is 24.4 Å². The lowest BCUT2D eigenvalue weighted by molar-refractivity contribution is -0.193. The molecule has 3 rings (SSSR count). The molecule has 2 N–H and O–H groups in total. The number of nitrogens with zero attached hydrogens (tertiary/aromatic N) is 1. The Bertz CT molecular complexity index is 463. The Morgan fingerprint density at radius 3 is 2.85 bits per heavy atom. The summed E-state index contributed by atoms with van der Waals surface area (Å²) >= 11 is 3.53. The van der Waals surface area contributed by atoms with Gasteiger partial charge in [0, 0.05) is 23.5 Å². The maximum absolute atomic E-state index is 6.03. The molecule has 0 aliphatic carbocycles. The quantitative estimate of drug-likeness (QED) is 0.916. The fourth-order valence-electron chi connectivity index (χ4n) is 3.23. The Labute approximate surface area is 128 Å². The van der Waals surface area contributed by atoms with Crippen molar-refractivity contribution in [3.63, 3.8) is 0 Å². The topological polar surface area (TPSA) is 47.7 Å². The molecular weight excluding hydrogens is 320 g/mol. The largest absolute Gasteiger partial charge is 0.346 e. The molecule has 1 aromatic carbocycles. The molecule has 1 spiro atoms. The summed E-state index contributed by atoms with van der Waals surface area (Å²) in [5.74, 6) is -0.391. The Morgan fingerprint density at radius 2 is 2.15 bits per heavy atom. The van der Waals surface area contributed by atoms with Crippen molar-refractivity contribution in [3.05, 3.63) is 34.3 Å². The van der Waals surface area contributed by atoms with Gasteiger partial charge >= 0.3 is 0 Å². The van der Waals surface area contributed by atoms with Crippen LogP contribution in [0.2, 0.25) is 0 Å². The van der Waals surface area contributed by atoms with Gasteiger partial charge in [0.15, 0.2) is 5.79 Å². The maximum Gasteiger partial charge on any atom is 0.181 e. The fourth-order valence-corrected chi connectivity index (χ4v) is 3.64. The minimum atomic E-state index is -0.391. The Balaban J connectivity index is 1.78. The van der Waals surface area contributed by atoms with Crippen LogP contribution in [0.3, 0.4) is 0 Å². The van der Waals surface area contributed by atoms with E-state index in [-0.39, 0.29) is 6.04 Å². The lowest BCUT2D eigenvalue weighted by Crippen LogP contribution is -2.51. The molecule has 110 valence electrons. The van der Waals surface area contributed by atoms with Gasteiger partial charge in [-0.1, -0.05) is 28.1 Å². The summed E-state index contributed by atoms with van der Waals surface area (Å²) in [7, 11) is 0. The van der Waals surface area contributed by atoms with Crippen LogP contribution in [-0.4, -0.2) is 43.5 Å². The normalized spacial score (nSPS) is 24.1. The zero-order valence-electron chi connectivity index (χ0n) is 11.6. The number of hydrogen-bond acceptors (Lipinski definition) is 4. The zero-order valence-corrected chi connectivity index (χ0v) is 13.1. The molecule has 20 heavy (non-hydrogen) atoms. The van der Waals surface area contributed by atoms with Crippen molar-refractivity contribution in [1.82, 2.24) is 4.90 Å². The first-order valence-corrected chi connectivity index (χ1v) is 7.99. The molecule has 1 aromatic rings. The number of nitrogens with two attached hydrogens (primary N) is 1. The average Bonchev–Trinajstić information content (AvgIpc) is 2.88. The monoisotopic (exact) mass is 340 g/mol. The molecule has 2 saturated heterocycles. The van der Waals surface area contributed by atoms with Crippen LogP contribution in [0.5, 0.6) is 0 Å². The molecule has 0 aromatic heterocycles. The van der Waals surface area contributed by atoms with E-state index in [2.05, 4.69) is 39.0 Å². The highest BCUT2D eigenvalue weighted by atomic mass is 79.9. The molecule has 1 atom stereocenters. The number of ether oxygens (including phenoxy) is 2. The second-order valence-corrected chi connectivity index (χ2v) is 6.40. The second kappa shape index (κ2) is 6.12. The van der Waals surface area contributed by atoms with Crippen LogP contribution >= 0.6 is 15.9 Å². The number of benzene rings is 1. The van der Waals surface area contributed by atoms with E-state index < -0.39 is 5.79 Å². The molecule has 1 unspecified atom stereocenters. The average molecular weight is 341 g/mol. The maximum atomic E-state index is 6.03. The van der Waals surface area contributed by atoms with Crippen molar-refractivity contribution in [2.45, 2.75) is 24.7 Å². The van der Waals surface area contributed by atoms with Gasteiger partial charge in [-0.2, -0.15) is 0 Å². The molecule has 2 aliphatic rings. The van der Waals surface area contributed by atoms with Crippen LogP contribution in [-0.2, 0) is 9.47 Å². The predicted octanol–water partition coefficient (Wildman–Crippen LogP) is 2.29. The lowest BCUT2D eigenvalue weighted by Gasteiger charge is -2.42. The second-order valence-electron chi connectivity index (χ2n) is 5.49. The van der Waals surface area contributed by atoms with Crippen LogP contribution in [0.25, 0.3) is 0 Å². The summed E-state index contributed by atoms with van der Waals surface area (Å²) in [5, 5.41) is 0. The first-order chi connectivity index (χ1) is 9.72. The van der Waals surface area contributed by atoms with Gasteiger partial charge < -0.3 is 15.2 Å². The van der Waals surface area contributed by atoms with Crippen molar-refractivity contribution >= 4 is 15.9 Å². The van der Waals surface area contributed by atoms with Crippen molar-refractivity contribution in [3.8, 4) is 0 Å². The number of likely N-dealkylation sites (tertiary alicyclic amines) is 1. The van der Waals surface area contributed by atoms with E-state index in [1.54, 1.807) is 0 Å². The minimum absolute atomic E-state index is 0.220. The van der Waals surface area contributed by atoms with Gasteiger partial charge in [0.05, 0.1) is 19.8 Å². The third-order valence-electron chi connectivity index (χ3n) is 4.16. The van der Waals surface area contributed by atoms with Crippen molar-refractivity contribution < 1.29 is 9.47 Å². The molecule has 0 radical (unpaired) electrons. The molecule has 2 fully saturated rings. The molecular formula is C15H21BrN2O2. The van der Waals surface area contributed by atoms with Gasteiger partial charge in [0.2, 0.25) is 0 Å². The van der Waals surface area contributed by atoms with E-state index in [0.29, 0.717) is 19.8 Å². The van der Waals surface area contributed by atoms with Crippen molar-refractivity contribution in [2.24, 2.45) is 5.73 Å². The van der Waals surface area contributed by atoms with Crippen LogP contribution in [0.4, 0.5) is 0 Å². The summed E-state index contributed by atoms with van der Waals surface area (Å²) in [5.41, 5.74) is 7.28. The van der Waals surface area contributed by atoms with Gasteiger partial charge in [-0.25, -0.2) is 0 Å². The van der Waals surface area contributed by atoms with E-state index in [1.807, 2.05) is 6.07 Å². The first kappa shape index (κ1) is 14.5. The summed E-state index contributed by atoms with van der Waals surface area (Å²) in [6.07, 6.45) is 2.07. The van der Waals surface area contributed by atoms with Gasteiger partial charge in [0.1, 0.15) is 0 Å². The Kier molecular flexibility index (Phi) is 4.43. The van der Waals surface area contributed by atoms with E-state index in [9.17, 15) is 0 Å². The number of piperidine rings is 1. The molecule has 0 saturated carbocycles. The first-order valence-electron chi connectivity index (χ1n) is 7.20. The minimum Gasteiger partial charge on any atom is -0.346 e. The third kappa shape index (κ3) is 2.92. The lowest BCUT2D eigenvalue weighted by atomic mass is 9.98. The third-order valence-corrected chi connectivity index (χ3v) is 4.65. The Hall–Kier alpha value is -0.460. The number of hydrogen-bond donors (Lipinski definition) is 1. The summed E-state index contributed by atoms with van der Waals surface area (Å²) in [6, 6.07) is 8.61. The van der Waals surface area contributed by atoms with Crippen LogP contribution < -0.4 is 5.73 Å². The van der Waals surface area contributed by atoms with Gasteiger partial charge in [-0.3, -0.25) is 4.90 Å². The van der Waals surface area contributed by atoms with Crippen molar-refractivity contribution in [1.29, 1.82) is 0 Å². The van der Waals surface area contributed by atoms with Crippen molar-refractivity contribution in [2.75, 3.05) is 32.8 Å². The summed E-state index contributed by atoms with van der Waals surface area (Å²) in [6.45, 7) is 3.87. The zero-order chi connectivity index (χ0) is 14.0. The van der Waals surface area contributed by atoms with Crippen LogP contribution in [0.15, 0.2) is 28.7 Å². The fraction of sp³-hybridized carbons (Fsp3) is 0.600. The molecule has 2 aliphatic heterocycles. The Morgan fingerprint density at radius 1 is 1.35 bits per heavy atom. The SMILES string of the molecule is NCC(c1cccc(Br)c1)N1CCCC2(C1)OCCO2. The van der Waals surface area contributed by atoms with E-state index in [4.69, 9.17) is 15.2 Å². The standard InChI is InChI=1S/C15H21BrN2O2/c16-13-4-1-3-12(9-13)14(10-17)18-6-2-5-15(11-18)19-7-8-20-15/h1,3-4,9,14H,2,5-8,10-11,17H2. The predicted molar refractivity (Wildman–Crippen MR) is 81.4 cm³/mol. The summed E-state index contributed by atoms with van der Waals surface area (Å²) < 4.78 is 12.8. The van der Waals surface area contributed by atoms with Crippen LogP contribution in [0, 0.1) is 0 Å². The van der Waals surface area contributed by atoms with Gasteiger partial charge in [0.25, 0.3) is 0 Å². The highest BCUT2D eigenvalue weighted by Crippen LogP contribution is 2.34. The molecule has 2 heterocycles. The smallest absolute Gasteiger partial charge is 0.181 e. The highest BCUT2D eigenvalue weighted by Gasteiger charge is 2.42. The summed E-state index contributed by atoms with van der Waals surface area (Å²) in [4.78, 5) is 2.40. The van der Waals surface area contributed by atoms with Gasteiger partial charge in [-0.15, -0.1) is 0 Å². The van der Waals surface area contributed by atoms with E-state index in [1.165, 1.54) is 5.56 Å². The molecule has 0 amide bonds. The highest BCUT2D eigenvalue weighted by molar-refractivity contribution is 9.10. The van der Waals surface area contributed by atoms with E-state index >= 15 is 0 Å². The molecule has 5 heteroatoms. The number of rotatable bonds is 3. The van der Waals surface area contributed by atoms with Gasteiger partial charge in [-0.05, 0) is 30.7 Å². The van der Waals surface area contributed by atoms with E-state index in [0.717, 1.165) is 30.4 Å². The molecule has 4 nitrogen and oxygen atoms in total.